The van der Waals surface area contributed by atoms with Crippen LogP contribution in [0.5, 0.6) is 11.5 Å². The van der Waals surface area contributed by atoms with Crippen LogP contribution < -0.4 is 4.74 Å². The van der Waals surface area contributed by atoms with E-state index in [-0.39, 0.29) is 5.75 Å². The third-order valence-corrected chi connectivity index (χ3v) is 3.13. The zero-order valence-electron chi connectivity index (χ0n) is 12.8. The lowest BCUT2D eigenvalue weighted by atomic mass is 10.2. The summed E-state index contributed by atoms with van der Waals surface area (Å²) in [6, 6.07) is 11.9. The fourth-order valence-corrected chi connectivity index (χ4v) is 1.82. The second kappa shape index (κ2) is 7.98. The Morgan fingerprint density at radius 2 is 1.48 bits per heavy atom. The summed E-state index contributed by atoms with van der Waals surface area (Å²) in [6.45, 7) is 2.41. The summed E-state index contributed by atoms with van der Waals surface area (Å²) in [4.78, 5) is 23.7. The highest BCUT2D eigenvalue weighted by Gasteiger charge is 2.10. The Morgan fingerprint density at radius 1 is 0.913 bits per heavy atom. The van der Waals surface area contributed by atoms with Crippen LogP contribution in [0.1, 0.15) is 40.5 Å². The third kappa shape index (κ3) is 4.85. The number of ether oxygens (including phenoxy) is 2. The number of benzene rings is 2. The van der Waals surface area contributed by atoms with Gasteiger partial charge in [-0.3, -0.25) is 0 Å². The van der Waals surface area contributed by atoms with Crippen LogP contribution in [-0.2, 0) is 4.74 Å². The quantitative estimate of drug-likeness (QED) is 0.501. The summed E-state index contributed by atoms with van der Waals surface area (Å²) in [7, 11) is 0. The molecule has 0 amide bonds. The van der Waals surface area contributed by atoms with E-state index < -0.39 is 11.9 Å². The number of phenols is 1. The van der Waals surface area contributed by atoms with Crippen LogP contribution in [0.2, 0.25) is 0 Å². The van der Waals surface area contributed by atoms with E-state index in [1.54, 1.807) is 12.1 Å². The van der Waals surface area contributed by atoms with Crippen LogP contribution in [-0.4, -0.2) is 23.7 Å². The molecule has 5 nitrogen and oxygen atoms in total. The molecule has 2 rings (SSSR count). The number of hydrogen-bond acceptors (Lipinski definition) is 5. The second-order valence-electron chi connectivity index (χ2n) is 4.95. The van der Waals surface area contributed by atoms with Crippen molar-refractivity contribution in [2.45, 2.75) is 19.8 Å². The maximum atomic E-state index is 11.9. The van der Waals surface area contributed by atoms with Gasteiger partial charge in [-0.05, 0) is 55.0 Å². The molecule has 0 aliphatic rings. The normalized spacial score (nSPS) is 10.1. The van der Waals surface area contributed by atoms with E-state index in [0.717, 1.165) is 12.8 Å². The average molecular weight is 314 g/mol. The molecule has 120 valence electrons. The molecule has 2 aromatic carbocycles. The minimum Gasteiger partial charge on any atom is -0.508 e. The molecule has 0 saturated heterocycles. The van der Waals surface area contributed by atoms with Gasteiger partial charge in [0.15, 0.2) is 0 Å². The number of unbranched alkanes of at least 4 members (excludes halogenated alkanes) is 1. The Morgan fingerprint density at radius 3 is 2.09 bits per heavy atom. The lowest BCUT2D eigenvalue weighted by Crippen LogP contribution is -2.09. The Hall–Kier alpha value is -2.82. The first-order chi connectivity index (χ1) is 11.1. The smallest absolute Gasteiger partial charge is 0.343 e. The lowest BCUT2D eigenvalue weighted by Gasteiger charge is -2.06. The molecule has 2 aromatic rings. The van der Waals surface area contributed by atoms with Crippen LogP contribution in [0.25, 0.3) is 0 Å². The molecule has 0 fully saturated rings. The number of carbonyl (C=O) groups is 2. The molecule has 0 unspecified atom stereocenters. The zero-order chi connectivity index (χ0) is 16.7. The SMILES string of the molecule is CCCCOC(=O)c1ccc(OC(=O)c2ccc(O)cc2)cc1. The average Bonchev–Trinajstić information content (AvgIpc) is 2.56. The Labute approximate surface area is 134 Å². The van der Waals surface area contributed by atoms with Crippen LogP contribution in [0.3, 0.4) is 0 Å². The molecule has 0 aliphatic carbocycles. The van der Waals surface area contributed by atoms with E-state index in [4.69, 9.17) is 9.47 Å². The number of aromatic hydroxyl groups is 1. The highest BCUT2D eigenvalue weighted by atomic mass is 16.5. The van der Waals surface area contributed by atoms with Crippen LogP contribution in [0.4, 0.5) is 0 Å². The molecule has 0 saturated carbocycles. The molecule has 1 N–H and O–H groups in total. The van der Waals surface area contributed by atoms with Gasteiger partial charge in [0, 0.05) is 0 Å². The van der Waals surface area contributed by atoms with Crippen molar-refractivity contribution in [1.29, 1.82) is 0 Å². The Balaban J connectivity index is 1.95. The minimum absolute atomic E-state index is 0.0764. The highest BCUT2D eigenvalue weighted by molar-refractivity contribution is 5.92. The van der Waals surface area contributed by atoms with Gasteiger partial charge in [-0.15, -0.1) is 0 Å². The first kappa shape index (κ1) is 16.5. The minimum atomic E-state index is -0.539. The summed E-state index contributed by atoms with van der Waals surface area (Å²) in [5.41, 5.74) is 0.733. The molecule has 0 heterocycles. The van der Waals surface area contributed by atoms with Gasteiger partial charge in [-0.2, -0.15) is 0 Å². The summed E-state index contributed by atoms with van der Waals surface area (Å²) < 4.78 is 10.3. The van der Waals surface area contributed by atoms with Crippen LogP contribution in [0.15, 0.2) is 48.5 Å². The Bertz CT molecular complexity index is 659. The Kier molecular flexibility index (Phi) is 5.74. The van der Waals surface area contributed by atoms with Crippen molar-refractivity contribution >= 4 is 11.9 Å². The summed E-state index contributed by atoms with van der Waals surface area (Å²) in [5.74, 6) is -0.529. The molecular formula is C18H18O5. The molecule has 0 bridgehead atoms. The molecule has 0 aromatic heterocycles. The maximum Gasteiger partial charge on any atom is 0.343 e. The van der Waals surface area contributed by atoms with E-state index in [2.05, 4.69) is 0 Å². The van der Waals surface area contributed by atoms with Gasteiger partial charge in [0.2, 0.25) is 0 Å². The number of phenolic OH excluding ortho intramolecular Hbond substituents is 1. The van der Waals surface area contributed by atoms with Crippen molar-refractivity contribution in [2.24, 2.45) is 0 Å². The van der Waals surface area contributed by atoms with Gasteiger partial charge in [-0.1, -0.05) is 13.3 Å². The molecular weight excluding hydrogens is 296 g/mol. The molecule has 23 heavy (non-hydrogen) atoms. The van der Waals surface area contributed by atoms with Crippen molar-refractivity contribution in [3.05, 3.63) is 59.7 Å². The summed E-state index contributed by atoms with van der Waals surface area (Å²) in [5, 5.41) is 9.19. The van der Waals surface area contributed by atoms with Crippen molar-refractivity contribution < 1.29 is 24.2 Å². The van der Waals surface area contributed by atoms with Crippen molar-refractivity contribution in [3.63, 3.8) is 0 Å². The van der Waals surface area contributed by atoms with E-state index in [0.29, 0.717) is 23.5 Å². The first-order valence-corrected chi connectivity index (χ1v) is 7.38. The second-order valence-corrected chi connectivity index (χ2v) is 4.95. The van der Waals surface area contributed by atoms with Crippen molar-refractivity contribution in [3.8, 4) is 11.5 Å². The number of rotatable bonds is 6. The predicted molar refractivity (Wildman–Crippen MR) is 84.7 cm³/mol. The van der Waals surface area contributed by atoms with Gasteiger partial charge in [-0.25, -0.2) is 9.59 Å². The number of hydrogen-bond donors (Lipinski definition) is 1. The topological polar surface area (TPSA) is 72.8 Å². The van der Waals surface area contributed by atoms with Crippen LogP contribution in [0, 0.1) is 0 Å². The summed E-state index contributed by atoms with van der Waals surface area (Å²) in [6.07, 6.45) is 1.79. The number of carbonyl (C=O) groups excluding carboxylic acids is 2. The lowest BCUT2D eigenvalue weighted by molar-refractivity contribution is 0.0499. The van der Waals surface area contributed by atoms with Crippen molar-refractivity contribution in [1.82, 2.24) is 0 Å². The molecule has 0 atom stereocenters. The molecule has 0 radical (unpaired) electrons. The highest BCUT2D eigenvalue weighted by Crippen LogP contribution is 2.16. The van der Waals surface area contributed by atoms with E-state index in [1.807, 2.05) is 6.92 Å². The maximum absolute atomic E-state index is 11.9. The zero-order valence-corrected chi connectivity index (χ0v) is 12.8. The fourth-order valence-electron chi connectivity index (χ4n) is 1.82. The number of esters is 2. The van der Waals surface area contributed by atoms with Gasteiger partial charge >= 0.3 is 11.9 Å². The van der Waals surface area contributed by atoms with Crippen LogP contribution >= 0.6 is 0 Å². The van der Waals surface area contributed by atoms with Gasteiger partial charge in [0.25, 0.3) is 0 Å². The molecule has 0 spiro atoms. The third-order valence-electron chi connectivity index (χ3n) is 3.13. The molecule has 5 heteroatoms. The van der Waals surface area contributed by atoms with Crippen molar-refractivity contribution in [2.75, 3.05) is 6.61 Å². The first-order valence-electron chi connectivity index (χ1n) is 7.38. The van der Waals surface area contributed by atoms with E-state index in [9.17, 15) is 14.7 Å². The molecule has 0 aliphatic heterocycles. The summed E-state index contributed by atoms with van der Waals surface area (Å²) >= 11 is 0. The fraction of sp³-hybridized carbons (Fsp3) is 0.222. The van der Waals surface area contributed by atoms with E-state index >= 15 is 0 Å². The van der Waals surface area contributed by atoms with Gasteiger partial charge in [0.1, 0.15) is 11.5 Å². The standard InChI is InChI=1S/C18H18O5/c1-2-3-12-22-17(20)13-6-10-16(11-7-13)23-18(21)14-4-8-15(19)9-5-14/h4-11,19H,2-3,12H2,1H3. The monoisotopic (exact) mass is 314 g/mol. The van der Waals surface area contributed by atoms with Gasteiger partial charge < -0.3 is 14.6 Å². The predicted octanol–water partition coefficient (Wildman–Crippen LogP) is 3.57. The van der Waals surface area contributed by atoms with E-state index in [1.165, 1.54) is 36.4 Å². The largest absolute Gasteiger partial charge is 0.508 e. The van der Waals surface area contributed by atoms with Gasteiger partial charge in [0.05, 0.1) is 17.7 Å².